The van der Waals surface area contributed by atoms with Crippen LogP contribution in [0.15, 0.2) is 24.4 Å². The summed E-state index contributed by atoms with van der Waals surface area (Å²) in [5.74, 6) is 0.0293. The van der Waals surface area contributed by atoms with E-state index in [0.717, 1.165) is 0 Å². The predicted molar refractivity (Wildman–Crippen MR) is 83.9 cm³/mol. The van der Waals surface area contributed by atoms with Gasteiger partial charge < -0.3 is 5.32 Å². The Morgan fingerprint density at radius 2 is 1.95 bits per heavy atom. The highest BCUT2D eigenvalue weighted by atomic mass is 35.5. The molecule has 4 nitrogen and oxygen atoms in total. The Hall–Kier alpha value is -1.43. The fourth-order valence-electron chi connectivity index (χ4n) is 2.78. The van der Waals surface area contributed by atoms with Crippen molar-refractivity contribution in [1.29, 1.82) is 0 Å². The van der Waals surface area contributed by atoms with E-state index >= 15 is 0 Å². The minimum absolute atomic E-state index is 0.302. The van der Waals surface area contributed by atoms with Crippen LogP contribution in [0.5, 0.6) is 0 Å². The highest BCUT2D eigenvalue weighted by molar-refractivity contribution is 6.35. The second-order valence-electron chi connectivity index (χ2n) is 5.53. The second kappa shape index (κ2) is 5.75. The number of nitrogens with one attached hydrogen (secondary N) is 3. The van der Waals surface area contributed by atoms with Crippen LogP contribution in [-0.2, 0) is 0 Å². The fraction of sp³-hybridized carbons (Fsp3) is 0.400. The van der Waals surface area contributed by atoms with Crippen LogP contribution in [-0.4, -0.2) is 23.6 Å². The van der Waals surface area contributed by atoms with Gasteiger partial charge in [0.25, 0.3) is 0 Å². The molecule has 2 aromatic rings. The van der Waals surface area contributed by atoms with Gasteiger partial charge in [0.2, 0.25) is 0 Å². The fourth-order valence-corrected chi connectivity index (χ4v) is 2.99. The Balaban J connectivity index is 1.83. The van der Waals surface area contributed by atoms with Crippen molar-refractivity contribution in [1.82, 2.24) is 15.8 Å². The van der Waals surface area contributed by atoms with Crippen molar-refractivity contribution in [3.63, 3.8) is 0 Å². The van der Waals surface area contributed by atoms with Gasteiger partial charge in [-0.15, -0.1) is 0 Å². The van der Waals surface area contributed by atoms with E-state index in [9.17, 15) is 4.39 Å². The molecular formula is C15H18ClFN4. The van der Waals surface area contributed by atoms with E-state index in [1.807, 2.05) is 0 Å². The molecule has 1 saturated heterocycles. The quantitative estimate of drug-likeness (QED) is 0.816. The Morgan fingerprint density at radius 1 is 1.24 bits per heavy atom. The zero-order chi connectivity index (χ0) is 15.0. The predicted octanol–water partition coefficient (Wildman–Crippen LogP) is 2.94. The molecule has 21 heavy (non-hydrogen) atoms. The molecule has 0 bridgehead atoms. The highest BCUT2D eigenvalue weighted by Crippen LogP contribution is 2.28. The van der Waals surface area contributed by atoms with Crippen LogP contribution in [0.25, 0.3) is 10.9 Å². The van der Waals surface area contributed by atoms with Crippen molar-refractivity contribution in [3.8, 4) is 0 Å². The molecular weight excluding hydrogens is 291 g/mol. The third-order valence-electron chi connectivity index (χ3n) is 4.15. The molecule has 2 atom stereocenters. The molecule has 0 amide bonds. The molecule has 1 aliphatic heterocycles. The maximum absolute atomic E-state index is 14.5. The van der Waals surface area contributed by atoms with Gasteiger partial charge in [0.05, 0.1) is 10.7 Å². The Kier molecular flexibility index (Phi) is 3.97. The van der Waals surface area contributed by atoms with Crippen LogP contribution in [0.1, 0.15) is 13.8 Å². The number of nitrogens with zero attached hydrogens (tertiary/aromatic N) is 1. The highest BCUT2D eigenvalue weighted by Gasteiger charge is 2.29. The van der Waals surface area contributed by atoms with Gasteiger partial charge >= 0.3 is 0 Å². The topological polar surface area (TPSA) is 49.0 Å². The summed E-state index contributed by atoms with van der Waals surface area (Å²) in [7, 11) is 0. The van der Waals surface area contributed by atoms with Crippen LogP contribution in [0.3, 0.4) is 0 Å². The lowest BCUT2D eigenvalue weighted by Crippen LogP contribution is -2.30. The van der Waals surface area contributed by atoms with Crippen molar-refractivity contribution in [2.75, 3.05) is 11.9 Å². The molecule has 3 rings (SSSR count). The molecule has 0 aliphatic carbocycles. The lowest BCUT2D eigenvalue weighted by molar-refractivity contribution is 0.465. The van der Waals surface area contributed by atoms with Gasteiger partial charge in [-0.1, -0.05) is 11.6 Å². The summed E-state index contributed by atoms with van der Waals surface area (Å²) in [6.45, 7) is 4.91. The molecule has 1 aliphatic rings. The average molecular weight is 309 g/mol. The molecule has 1 fully saturated rings. The summed E-state index contributed by atoms with van der Waals surface area (Å²) >= 11 is 6.06. The number of anilines is 1. The standard InChI is InChI=1S/C15H18ClFN4/c1-8-11(9(2)21-20-8)7-19-13-4-3-10-12(16)5-6-18-15(10)14(13)17/h3-6,8-9,11,19-21H,7H2,1-2H3. The molecule has 0 radical (unpaired) electrons. The first kappa shape index (κ1) is 14.5. The zero-order valence-corrected chi connectivity index (χ0v) is 12.7. The van der Waals surface area contributed by atoms with E-state index in [1.54, 1.807) is 18.2 Å². The molecule has 6 heteroatoms. The molecule has 2 unspecified atom stereocenters. The van der Waals surface area contributed by atoms with Crippen molar-refractivity contribution in [2.24, 2.45) is 5.92 Å². The van der Waals surface area contributed by atoms with E-state index in [1.165, 1.54) is 6.20 Å². The first-order valence-corrected chi connectivity index (χ1v) is 7.43. The maximum atomic E-state index is 14.5. The molecule has 1 aromatic carbocycles. The van der Waals surface area contributed by atoms with Crippen molar-refractivity contribution < 1.29 is 4.39 Å². The number of aromatic nitrogens is 1. The van der Waals surface area contributed by atoms with Gasteiger partial charge in [-0.05, 0) is 32.0 Å². The zero-order valence-electron chi connectivity index (χ0n) is 12.0. The van der Waals surface area contributed by atoms with Crippen LogP contribution >= 0.6 is 11.6 Å². The first-order chi connectivity index (χ1) is 10.1. The molecule has 2 heterocycles. The molecule has 3 N–H and O–H groups in total. The SMILES string of the molecule is CC1NNC(C)C1CNc1ccc2c(Cl)ccnc2c1F. The molecule has 0 spiro atoms. The Labute approximate surface area is 128 Å². The largest absolute Gasteiger partial charge is 0.382 e. The van der Waals surface area contributed by atoms with Crippen LogP contribution in [0, 0.1) is 11.7 Å². The lowest BCUT2D eigenvalue weighted by atomic mass is 9.96. The number of hydrogen-bond donors (Lipinski definition) is 3. The van der Waals surface area contributed by atoms with E-state index in [4.69, 9.17) is 11.6 Å². The van der Waals surface area contributed by atoms with Gasteiger partial charge in [0.1, 0.15) is 5.52 Å². The number of fused-ring (bicyclic) bond motifs is 1. The Morgan fingerprint density at radius 3 is 2.67 bits per heavy atom. The summed E-state index contributed by atoms with van der Waals surface area (Å²) in [5, 5.41) is 4.33. The summed E-state index contributed by atoms with van der Waals surface area (Å²) in [5.41, 5.74) is 7.15. The van der Waals surface area contributed by atoms with Gasteiger partial charge in [-0.25, -0.2) is 4.39 Å². The smallest absolute Gasteiger partial charge is 0.172 e. The Bertz CT molecular complexity index is 653. The summed E-state index contributed by atoms with van der Waals surface area (Å²) in [6, 6.07) is 5.85. The number of pyridine rings is 1. The molecule has 0 saturated carbocycles. The number of hydrazine groups is 1. The van der Waals surface area contributed by atoms with Crippen molar-refractivity contribution >= 4 is 28.2 Å². The number of halogens is 2. The summed E-state index contributed by atoms with van der Waals surface area (Å²) < 4.78 is 14.5. The van der Waals surface area contributed by atoms with Crippen molar-refractivity contribution in [2.45, 2.75) is 25.9 Å². The minimum atomic E-state index is -0.353. The van der Waals surface area contributed by atoms with Gasteiger partial charge in [-0.3, -0.25) is 15.8 Å². The third kappa shape index (κ3) is 2.69. The maximum Gasteiger partial charge on any atom is 0.172 e. The van der Waals surface area contributed by atoms with Gasteiger partial charge in [0, 0.05) is 36.1 Å². The van der Waals surface area contributed by atoms with Crippen LogP contribution in [0.4, 0.5) is 10.1 Å². The van der Waals surface area contributed by atoms with Gasteiger partial charge in [0.15, 0.2) is 5.82 Å². The number of hydrogen-bond acceptors (Lipinski definition) is 4. The van der Waals surface area contributed by atoms with E-state index in [-0.39, 0.29) is 5.82 Å². The van der Waals surface area contributed by atoms with E-state index in [0.29, 0.717) is 46.2 Å². The first-order valence-electron chi connectivity index (χ1n) is 7.05. The van der Waals surface area contributed by atoms with Crippen molar-refractivity contribution in [3.05, 3.63) is 35.2 Å². The lowest BCUT2D eigenvalue weighted by Gasteiger charge is -2.19. The van der Waals surface area contributed by atoms with E-state index < -0.39 is 0 Å². The monoisotopic (exact) mass is 308 g/mol. The minimum Gasteiger partial charge on any atom is -0.382 e. The molecule has 112 valence electrons. The second-order valence-corrected chi connectivity index (χ2v) is 5.93. The van der Waals surface area contributed by atoms with Gasteiger partial charge in [-0.2, -0.15) is 0 Å². The molecule has 1 aromatic heterocycles. The normalized spacial score (nSPS) is 25.4. The number of rotatable bonds is 3. The van der Waals surface area contributed by atoms with Crippen LogP contribution in [0.2, 0.25) is 5.02 Å². The van der Waals surface area contributed by atoms with E-state index in [2.05, 4.69) is 35.0 Å². The van der Waals surface area contributed by atoms with Crippen LogP contribution < -0.4 is 16.2 Å². The third-order valence-corrected chi connectivity index (χ3v) is 4.48. The number of benzene rings is 1. The summed E-state index contributed by atoms with van der Waals surface area (Å²) in [4.78, 5) is 4.09. The average Bonchev–Trinajstić information content (AvgIpc) is 2.78. The summed E-state index contributed by atoms with van der Waals surface area (Å²) in [6.07, 6.45) is 1.52.